The van der Waals surface area contributed by atoms with Crippen molar-refractivity contribution >= 4 is 5.97 Å². The van der Waals surface area contributed by atoms with Crippen LogP contribution < -0.4 is 0 Å². The van der Waals surface area contributed by atoms with Crippen LogP contribution in [0.15, 0.2) is 11.6 Å². The third-order valence-corrected chi connectivity index (χ3v) is 21.0. The van der Waals surface area contributed by atoms with Crippen LogP contribution in [0.1, 0.15) is 120 Å². The van der Waals surface area contributed by atoms with E-state index in [1.807, 2.05) is 0 Å². The molecule has 12 N–H and O–H groups in total. The minimum atomic E-state index is -1.83. The van der Waals surface area contributed by atoms with E-state index in [4.69, 9.17) is 37.9 Å². The molecule has 0 radical (unpaired) electrons. The molecular formula is C53H86O21. The average Bonchev–Trinajstić information content (AvgIpc) is 3.35. The van der Waals surface area contributed by atoms with Gasteiger partial charge in [0, 0.05) is 0 Å². The molecule has 4 aliphatic heterocycles. The van der Waals surface area contributed by atoms with Crippen molar-refractivity contribution in [2.45, 2.75) is 242 Å². The number of aliphatic hydroxyl groups excluding tert-OH is 12. The predicted octanol–water partition coefficient (Wildman–Crippen LogP) is -0.369. The van der Waals surface area contributed by atoms with Gasteiger partial charge in [0.2, 0.25) is 6.29 Å². The van der Waals surface area contributed by atoms with Crippen molar-refractivity contribution in [1.82, 2.24) is 0 Å². The molecule has 27 atom stereocenters. The maximum atomic E-state index is 14.8. The molecule has 4 heterocycles. The molecule has 0 bridgehead atoms. The number of rotatable bonds is 10. The van der Waals surface area contributed by atoms with Gasteiger partial charge in [0.05, 0.1) is 37.4 Å². The minimum absolute atomic E-state index is 0.0812. The molecule has 5 aliphatic carbocycles. The largest absolute Gasteiger partial charge is 0.432 e. The first kappa shape index (κ1) is 57.1. The number of allylic oxidation sites excluding steroid dienone is 2. The fourth-order valence-electron chi connectivity index (χ4n) is 16.2. The van der Waals surface area contributed by atoms with Crippen LogP contribution in [0.4, 0.5) is 0 Å². The third kappa shape index (κ3) is 9.17. The molecule has 4 saturated carbocycles. The summed E-state index contributed by atoms with van der Waals surface area (Å²) in [5, 5.41) is 128. The number of hydrogen-bond acceptors (Lipinski definition) is 21. The molecule has 0 spiro atoms. The summed E-state index contributed by atoms with van der Waals surface area (Å²) < 4.78 is 49.0. The number of ether oxygens (including phenoxy) is 8. The first-order valence-corrected chi connectivity index (χ1v) is 27.1. The molecule has 9 aliphatic rings. The van der Waals surface area contributed by atoms with E-state index in [0.717, 1.165) is 44.9 Å². The van der Waals surface area contributed by atoms with Gasteiger partial charge in [-0.2, -0.15) is 0 Å². The van der Waals surface area contributed by atoms with Crippen LogP contribution in [0.3, 0.4) is 0 Å². The Labute approximate surface area is 433 Å². The Balaban J connectivity index is 0.973. The van der Waals surface area contributed by atoms with E-state index in [-0.39, 0.29) is 46.0 Å². The van der Waals surface area contributed by atoms with Gasteiger partial charge >= 0.3 is 5.97 Å². The molecule has 8 fully saturated rings. The van der Waals surface area contributed by atoms with Crippen molar-refractivity contribution in [3.05, 3.63) is 11.6 Å². The van der Waals surface area contributed by atoms with Crippen LogP contribution in [0, 0.1) is 50.2 Å². The summed E-state index contributed by atoms with van der Waals surface area (Å²) in [5.74, 6) is -0.306. The topological polar surface area (TPSA) is 334 Å². The van der Waals surface area contributed by atoms with Gasteiger partial charge < -0.3 is 99.2 Å². The first-order valence-electron chi connectivity index (χ1n) is 27.1. The average molecular weight is 1060 g/mol. The molecule has 9 rings (SSSR count). The zero-order chi connectivity index (χ0) is 54.0. The van der Waals surface area contributed by atoms with Crippen molar-refractivity contribution in [3.63, 3.8) is 0 Å². The van der Waals surface area contributed by atoms with Crippen molar-refractivity contribution in [1.29, 1.82) is 0 Å². The highest BCUT2D eigenvalue weighted by Gasteiger charge is 2.70. The summed E-state index contributed by atoms with van der Waals surface area (Å²) in [7, 11) is 0. The SMILES string of the molecule is C[C@@H]1O[C@@H](O[C@H]2[C@H](O[C@H]3CC[C@]4(C)[C@H]5CC=C6[C@H]7CC(C)(C)CC[C@@]7(C(=O)O[C@@H]7O[C@H](CO)[C@@H](O)[C@@H](O)[C@@H]7O)CC[C@]6(C)[C@@]5(C)CC[C@H]4C3(C)C)OC[C@H](O)[C@@H]2O[C@@H]2O[C@@H](CO)[C@@H](O)[C@H](O)[C@H]2O)[C@H](O)[C@H](O)[C@@H]1O. The fourth-order valence-corrected chi connectivity index (χ4v) is 16.2. The lowest BCUT2D eigenvalue weighted by Crippen LogP contribution is -2.67. The molecule has 0 unspecified atom stereocenters. The Morgan fingerprint density at radius 3 is 1.81 bits per heavy atom. The minimum Gasteiger partial charge on any atom is -0.432 e. The fraction of sp³-hybridized carbons (Fsp3) is 0.943. The highest BCUT2D eigenvalue weighted by molar-refractivity contribution is 5.79. The highest BCUT2D eigenvalue weighted by Crippen LogP contribution is 2.76. The Bertz CT molecular complexity index is 2040. The number of hydrogen-bond donors (Lipinski definition) is 12. The van der Waals surface area contributed by atoms with Gasteiger partial charge in [-0.1, -0.05) is 60.1 Å². The van der Waals surface area contributed by atoms with E-state index in [2.05, 4.69) is 54.5 Å². The van der Waals surface area contributed by atoms with E-state index >= 15 is 0 Å². The maximum absolute atomic E-state index is 14.8. The third-order valence-electron chi connectivity index (χ3n) is 21.0. The van der Waals surface area contributed by atoms with Gasteiger partial charge in [-0.3, -0.25) is 4.79 Å². The van der Waals surface area contributed by atoms with Crippen molar-refractivity contribution in [3.8, 4) is 0 Å². The van der Waals surface area contributed by atoms with Crippen LogP contribution in [0.5, 0.6) is 0 Å². The summed E-state index contributed by atoms with van der Waals surface area (Å²) in [6.07, 6.45) is -20.0. The van der Waals surface area contributed by atoms with Gasteiger partial charge in [0.1, 0.15) is 85.5 Å². The summed E-state index contributed by atoms with van der Waals surface area (Å²) in [5.41, 5.74) is -0.904. The second-order valence-corrected chi connectivity index (χ2v) is 25.8. The van der Waals surface area contributed by atoms with Crippen LogP contribution in [-0.2, 0) is 42.7 Å². The van der Waals surface area contributed by atoms with E-state index in [9.17, 15) is 66.1 Å². The predicted molar refractivity (Wildman–Crippen MR) is 255 cm³/mol. The molecule has 21 nitrogen and oxygen atoms in total. The summed E-state index contributed by atoms with van der Waals surface area (Å²) in [6.45, 7) is 15.9. The standard InChI is InChI=1S/C53H86O21/c1-23-32(57)35(60)38(63)43(68-23)73-42-41(72-44-39(64)36(61)33(58)27(20-54)69-44)26(56)22-67-46(42)71-31-12-13-50(6)29(49(31,4)5)11-14-52(8)30(50)10-9-24-25-19-48(2,3)15-17-53(25,18-16-51(24,52)7)47(66)74-45-40(65)37(62)34(59)28(21-55)70-45/h9,23,25-46,54-65H,10-22H2,1-8H3/t23-,25+,26-,27-,28+,29-,30+,31-,32+,33+,34+,35+,36-,37+,38+,39+,40-,41-,42+,43-,44-,45-,46-,50-,51-,52-,53+/m0/s1. The summed E-state index contributed by atoms with van der Waals surface area (Å²) in [6, 6.07) is 0. The van der Waals surface area contributed by atoms with E-state index < -0.39 is 153 Å². The Kier molecular flexibility index (Phi) is 15.8. The maximum Gasteiger partial charge on any atom is 0.315 e. The number of carbonyl (C=O) groups is 1. The Morgan fingerprint density at radius 1 is 0.608 bits per heavy atom. The van der Waals surface area contributed by atoms with Crippen LogP contribution in [0.25, 0.3) is 0 Å². The number of esters is 1. The van der Waals surface area contributed by atoms with Crippen LogP contribution in [-0.4, -0.2) is 210 Å². The summed E-state index contributed by atoms with van der Waals surface area (Å²) in [4.78, 5) is 14.8. The lowest BCUT2D eigenvalue weighted by molar-refractivity contribution is -0.388. The monoisotopic (exact) mass is 1060 g/mol. The van der Waals surface area contributed by atoms with E-state index in [1.165, 1.54) is 12.5 Å². The lowest BCUT2D eigenvalue weighted by atomic mass is 9.33. The molecule has 0 aromatic heterocycles. The van der Waals surface area contributed by atoms with Gasteiger partial charge in [0.25, 0.3) is 0 Å². The molecule has 424 valence electrons. The number of aliphatic hydroxyl groups is 12. The van der Waals surface area contributed by atoms with Crippen molar-refractivity contribution < 1.29 is 104 Å². The normalized spacial score (nSPS) is 54.1. The number of fused-ring (bicyclic) bond motifs is 7. The Morgan fingerprint density at radius 2 is 1.18 bits per heavy atom. The smallest absolute Gasteiger partial charge is 0.315 e. The molecular weight excluding hydrogens is 973 g/mol. The van der Waals surface area contributed by atoms with Crippen LogP contribution >= 0.6 is 0 Å². The zero-order valence-electron chi connectivity index (χ0n) is 44.1. The van der Waals surface area contributed by atoms with E-state index in [1.54, 1.807) is 0 Å². The molecule has 21 heteroatoms. The first-order chi connectivity index (χ1) is 34.6. The second kappa shape index (κ2) is 20.5. The molecule has 0 aromatic carbocycles. The second-order valence-electron chi connectivity index (χ2n) is 25.8. The van der Waals surface area contributed by atoms with E-state index in [0.29, 0.717) is 19.3 Å². The highest BCUT2D eigenvalue weighted by atomic mass is 16.8. The Hall–Kier alpha value is -1.55. The quantitative estimate of drug-likeness (QED) is 0.0755. The number of carbonyl (C=O) groups excluding carboxylic acids is 1. The zero-order valence-corrected chi connectivity index (χ0v) is 44.1. The lowest BCUT2D eigenvalue weighted by Gasteiger charge is -2.71. The van der Waals surface area contributed by atoms with Gasteiger partial charge in [0.15, 0.2) is 18.9 Å². The van der Waals surface area contributed by atoms with Gasteiger partial charge in [-0.05, 0) is 116 Å². The molecule has 74 heavy (non-hydrogen) atoms. The van der Waals surface area contributed by atoms with Gasteiger partial charge in [-0.15, -0.1) is 0 Å². The van der Waals surface area contributed by atoms with Crippen molar-refractivity contribution in [2.24, 2.45) is 50.2 Å². The molecule has 0 amide bonds. The van der Waals surface area contributed by atoms with Crippen LogP contribution in [0.2, 0.25) is 0 Å². The summed E-state index contributed by atoms with van der Waals surface area (Å²) >= 11 is 0. The van der Waals surface area contributed by atoms with Gasteiger partial charge in [-0.25, -0.2) is 0 Å². The molecule has 0 aromatic rings. The molecule has 4 saturated heterocycles. The van der Waals surface area contributed by atoms with Crippen molar-refractivity contribution in [2.75, 3.05) is 19.8 Å².